The van der Waals surface area contributed by atoms with E-state index < -0.39 is 0 Å². The minimum atomic E-state index is 0.548. The van der Waals surface area contributed by atoms with E-state index in [9.17, 15) is 0 Å². The van der Waals surface area contributed by atoms with Crippen LogP contribution in [-0.2, 0) is 0 Å². The molecule has 1 rings (SSSR count). The summed E-state index contributed by atoms with van der Waals surface area (Å²) in [6, 6.07) is 0. The van der Waals surface area contributed by atoms with Crippen molar-refractivity contribution < 1.29 is 0 Å². The lowest BCUT2D eigenvalue weighted by Gasteiger charge is -2.02. The standard InChI is InChI=1S/C8H11Cl2N3/c9-3-1-2-4-11-8-12-5-7(10)6-13-8/h5-6H,1-4H2,(H,11,12,13). The van der Waals surface area contributed by atoms with Crippen molar-refractivity contribution in [3.8, 4) is 0 Å². The number of aromatic nitrogens is 2. The van der Waals surface area contributed by atoms with Gasteiger partial charge in [-0.05, 0) is 12.8 Å². The van der Waals surface area contributed by atoms with Gasteiger partial charge < -0.3 is 5.32 Å². The number of hydrogen-bond donors (Lipinski definition) is 1. The fraction of sp³-hybridized carbons (Fsp3) is 0.500. The molecule has 0 aliphatic heterocycles. The van der Waals surface area contributed by atoms with Crippen molar-refractivity contribution in [1.29, 1.82) is 0 Å². The Morgan fingerprint density at radius 1 is 1.23 bits per heavy atom. The molecule has 3 nitrogen and oxygen atoms in total. The molecule has 1 N–H and O–H groups in total. The molecule has 1 aromatic rings. The predicted molar refractivity (Wildman–Crippen MR) is 55.5 cm³/mol. The van der Waals surface area contributed by atoms with Crippen LogP contribution in [0.3, 0.4) is 0 Å². The Morgan fingerprint density at radius 3 is 2.54 bits per heavy atom. The Labute approximate surface area is 87.5 Å². The number of nitrogens with zero attached hydrogens (tertiary/aromatic N) is 2. The van der Waals surface area contributed by atoms with Crippen molar-refractivity contribution in [1.82, 2.24) is 9.97 Å². The molecule has 0 unspecified atom stereocenters. The first-order chi connectivity index (χ1) is 6.33. The Kier molecular flexibility index (Phi) is 4.86. The molecule has 0 bridgehead atoms. The van der Waals surface area contributed by atoms with Gasteiger partial charge in [-0.2, -0.15) is 0 Å². The van der Waals surface area contributed by atoms with Gasteiger partial charge in [-0.1, -0.05) is 11.6 Å². The minimum Gasteiger partial charge on any atom is -0.354 e. The zero-order valence-corrected chi connectivity index (χ0v) is 8.65. The molecule has 5 heteroatoms. The van der Waals surface area contributed by atoms with Gasteiger partial charge in [-0.15, -0.1) is 11.6 Å². The van der Waals surface area contributed by atoms with Crippen molar-refractivity contribution in [3.05, 3.63) is 17.4 Å². The second-order valence-electron chi connectivity index (χ2n) is 2.55. The van der Waals surface area contributed by atoms with Crippen LogP contribution in [0.25, 0.3) is 0 Å². The first-order valence-corrected chi connectivity index (χ1v) is 5.01. The van der Waals surface area contributed by atoms with Gasteiger partial charge in [0.25, 0.3) is 0 Å². The van der Waals surface area contributed by atoms with Crippen LogP contribution < -0.4 is 5.32 Å². The van der Waals surface area contributed by atoms with Crippen LogP contribution in [0.4, 0.5) is 5.95 Å². The third-order valence-corrected chi connectivity index (χ3v) is 1.93. The van der Waals surface area contributed by atoms with E-state index in [1.807, 2.05) is 0 Å². The highest BCUT2D eigenvalue weighted by Gasteiger charge is 1.94. The number of unbranched alkanes of at least 4 members (excludes halogenated alkanes) is 1. The fourth-order valence-electron chi connectivity index (χ4n) is 0.823. The first-order valence-electron chi connectivity index (χ1n) is 4.10. The minimum absolute atomic E-state index is 0.548. The van der Waals surface area contributed by atoms with Gasteiger partial charge in [0, 0.05) is 12.4 Å². The lowest BCUT2D eigenvalue weighted by Crippen LogP contribution is -2.04. The Bertz CT molecular complexity index is 238. The predicted octanol–water partition coefficient (Wildman–Crippen LogP) is 2.56. The Hall–Kier alpha value is -0.540. The molecular formula is C8H11Cl2N3. The summed E-state index contributed by atoms with van der Waals surface area (Å²) in [5.74, 6) is 1.31. The maximum absolute atomic E-state index is 5.63. The molecule has 0 aliphatic carbocycles. The molecule has 0 radical (unpaired) electrons. The topological polar surface area (TPSA) is 37.8 Å². The van der Waals surface area contributed by atoms with Crippen molar-refractivity contribution in [3.63, 3.8) is 0 Å². The SMILES string of the molecule is ClCCCCNc1ncc(Cl)cn1. The molecule has 13 heavy (non-hydrogen) atoms. The molecule has 0 atom stereocenters. The second-order valence-corrected chi connectivity index (χ2v) is 3.36. The zero-order chi connectivity index (χ0) is 9.52. The number of alkyl halides is 1. The van der Waals surface area contributed by atoms with E-state index >= 15 is 0 Å². The van der Waals surface area contributed by atoms with Crippen LogP contribution >= 0.6 is 23.2 Å². The monoisotopic (exact) mass is 219 g/mol. The van der Waals surface area contributed by atoms with Gasteiger partial charge >= 0.3 is 0 Å². The number of hydrogen-bond acceptors (Lipinski definition) is 3. The molecule has 0 saturated carbocycles. The van der Waals surface area contributed by atoms with Gasteiger partial charge in [-0.3, -0.25) is 0 Å². The van der Waals surface area contributed by atoms with E-state index in [0.29, 0.717) is 16.9 Å². The van der Waals surface area contributed by atoms with Crippen LogP contribution in [0.15, 0.2) is 12.4 Å². The van der Waals surface area contributed by atoms with Gasteiger partial charge in [0.05, 0.1) is 17.4 Å². The average Bonchev–Trinajstić information content (AvgIpc) is 2.15. The highest BCUT2D eigenvalue weighted by molar-refractivity contribution is 6.30. The first kappa shape index (κ1) is 10.5. The summed E-state index contributed by atoms with van der Waals surface area (Å²) in [6.45, 7) is 0.842. The third-order valence-electron chi connectivity index (χ3n) is 1.46. The summed E-state index contributed by atoms with van der Waals surface area (Å²) >= 11 is 11.2. The van der Waals surface area contributed by atoms with Crippen LogP contribution in [0, 0.1) is 0 Å². The summed E-state index contributed by atoms with van der Waals surface area (Å²) in [5, 5.41) is 3.61. The van der Waals surface area contributed by atoms with Crippen LogP contribution in [0.5, 0.6) is 0 Å². The smallest absolute Gasteiger partial charge is 0.222 e. The van der Waals surface area contributed by atoms with Crippen LogP contribution in [0.1, 0.15) is 12.8 Å². The van der Waals surface area contributed by atoms with Crippen molar-refractivity contribution in [2.45, 2.75) is 12.8 Å². The van der Waals surface area contributed by atoms with E-state index in [1.165, 1.54) is 0 Å². The molecule has 0 fully saturated rings. The second kappa shape index (κ2) is 6.00. The molecule has 0 spiro atoms. The van der Waals surface area contributed by atoms with Gasteiger partial charge in [0.15, 0.2) is 0 Å². The van der Waals surface area contributed by atoms with Crippen molar-refractivity contribution in [2.24, 2.45) is 0 Å². The van der Waals surface area contributed by atoms with Crippen LogP contribution in [0.2, 0.25) is 5.02 Å². The molecule has 0 aromatic carbocycles. The summed E-state index contributed by atoms with van der Waals surface area (Å²) in [5.41, 5.74) is 0. The van der Waals surface area contributed by atoms with Gasteiger partial charge in [-0.25, -0.2) is 9.97 Å². The summed E-state index contributed by atoms with van der Waals surface area (Å²) in [6.07, 6.45) is 5.16. The fourth-order valence-corrected chi connectivity index (χ4v) is 1.11. The summed E-state index contributed by atoms with van der Waals surface area (Å²) < 4.78 is 0. The highest BCUT2D eigenvalue weighted by Crippen LogP contribution is 2.05. The lowest BCUT2D eigenvalue weighted by molar-refractivity contribution is 0.831. The maximum Gasteiger partial charge on any atom is 0.222 e. The maximum atomic E-state index is 5.63. The lowest BCUT2D eigenvalue weighted by atomic mass is 10.3. The average molecular weight is 220 g/mol. The van der Waals surface area contributed by atoms with E-state index in [-0.39, 0.29) is 0 Å². The van der Waals surface area contributed by atoms with Gasteiger partial charge in [0.1, 0.15) is 0 Å². The highest BCUT2D eigenvalue weighted by atomic mass is 35.5. The van der Waals surface area contributed by atoms with E-state index in [1.54, 1.807) is 12.4 Å². The Balaban J connectivity index is 2.25. The van der Waals surface area contributed by atoms with Crippen molar-refractivity contribution in [2.75, 3.05) is 17.7 Å². The number of nitrogens with one attached hydrogen (secondary N) is 1. The largest absolute Gasteiger partial charge is 0.354 e. The molecule has 72 valence electrons. The van der Waals surface area contributed by atoms with E-state index in [0.717, 1.165) is 19.4 Å². The number of rotatable bonds is 5. The van der Waals surface area contributed by atoms with E-state index in [2.05, 4.69) is 15.3 Å². The van der Waals surface area contributed by atoms with Crippen molar-refractivity contribution >= 4 is 29.2 Å². The molecule has 1 aromatic heterocycles. The third kappa shape index (κ3) is 4.29. The number of anilines is 1. The Morgan fingerprint density at radius 2 is 1.92 bits per heavy atom. The summed E-state index contributed by atoms with van der Waals surface area (Å²) in [7, 11) is 0. The molecule has 0 aliphatic rings. The molecule has 0 amide bonds. The molecular weight excluding hydrogens is 209 g/mol. The van der Waals surface area contributed by atoms with E-state index in [4.69, 9.17) is 23.2 Å². The molecule has 1 heterocycles. The molecule has 0 saturated heterocycles. The quantitative estimate of drug-likeness (QED) is 0.612. The van der Waals surface area contributed by atoms with Gasteiger partial charge in [0.2, 0.25) is 5.95 Å². The van der Waals surface area contributed by atoms with Crippen LogP contribution in [-0.4, -0.2) is 22.4 Å². The summed E-state index contributed by atoms with van der Waals surface area (Å²) in [4.78, 5) is 7.98. The number of halogens is 2. The normalized spacial score (nSPS) is 10.0. The zero-order valence-electron chi connectivity index (χ0n) is 7.13.